The Morgan fingerprint density at radius 2 is 1.32 bits per heavy atom. The minimum Gasteiger partial charge on any atom is -0.370 e. The van der Waals surface area contributed by atoms with Gasteiger partial charge in [-0.05, 0) is 54.3 Å². The highest BCUT2D eigenvalue weighted by molar-refractivity contribution is 5.90. The number of hydrogen-bond acceptors (Lipinski definition) is 3. The third kappa shape index (κ3) is 5.01. The summed E-state index contributed by atoms with van der Waals surface area (Å²) >= 11 is 0. The van der Waals surface area contributed by atoms with E-state index in [9.17, 15) is 30.7 Å². The van der Waals surface area contributed by atoms with Crippen molar-refractivity contribution in [1.29, 1.82) is 0 Å². The van der Waals surface area contributed by atoms with Gasteiger partial charge in [0.2, 0.25) is 0 Å². The monoisotopic (exact) mass is 483 g/mol. The molecule has 0 atom stereocenters. The van der Waals surface area contributed by atoms with Gasteiger partial charge in [-0.2, -0.15) is 26.3 Å². The quantitative estimate of drug-likeness (QED) is 0.432. The number of anilines is 1. The number of pyridine rings is 1. The zero-order chi connectivity index (χ0) is 24.7. The molecule has 1 aliphatic rings. The summed E-state index contributed by atoms with van der Waals surface area (Å²) in [5.41, 5.74) is 5.55. The number of rotatable bonds is 3. The lowest BCUT2D eigenvalue weighted by atomic mass is 9.94. The first-order valence-corrected chi connectivity index (χ1v) is 10.5. The average molecular weight is 483 g/mol. The van der Waals surface area contributed by atoms with Crippen LogP contribution in [0.1, 0.15) is 24.0 Å². The van der Waals surface area contributed by atoms with Gasteiger partial charge >= 0.3 is 12.4 Å². The summed E-state index contributed by atoms with van der Waals surface area (Å²) in [6.07, 6.45) is -5.25. The van der Waals surface area contributed by atoms with Crippen molar-refractivity contribution in [1.82, 2.24) is 4.98 Å². The van der Waals surface area contributed by atoms with E-state index in [1.165, 1.54) is 24.5 Å². The van der Waals surface area contributed by atoms with Gasteiger partial charge in [-0.1, -0.05) is 12.1 Å². The molecule has 1 saturated heterocycles. The molecule has 0 aliphatic carbocycles. The fourth-order valence-electron chi connectivity index (χ4n) is 4.09. The first kappa shape index (κ1) is 24.0. The van der Waals surface area contributed by atoms with Gasteiger partial charge in [-0.25, -0.2) is 4.39 Å². The topological polar surface area (TPSA) is 42.1 Å². The van der Waals surface area contributed by atoms with Crippen LogP contribution in [0.2, 0.25) is 0 Å². The van der Waals surface area contributed by atoms with Crippen molar-refractivity contribution < 1.29 is 30.7 Å². The predicted molar refractivity (Wildman–Crippen MR) is 114 cm³/mol. The van der Waals surface area contributed by atoms with Crippen molar-refractivity contribution in [2.45, 2.75) is 31.2 Å². The second-order valence-corrected chi connectivity index (χ2v) is 8.21. The van der Waals surface area contributed by atoms with Crippen LogP contribution in [0.15, 0.2) is 54.9 Å². The first-order valence-electron chi connectivity index (χ1n) is 10.5. The molecular weight excluding hydrogens is 463 g/mol. The molecule has 0 saturated carbocycles. The number of alkyl halides is 6. The Hall–Kier alpha value is -3.14. The molecule has 0 unspecified atom stereocenters. The molecule has 1 aromatic heterocycles. The van der Waals surface area contributed by atoms with Crippen molar-refractivity contribution in [3.8, 4) is 22.3 Å². The fraction of sp³-hybridized carbons (Fsp3) is 0.292. The van der Waals surface area contributed by atoms with Gasteiger partial charge in [-0.15, -0.1) is 0 Å². The second-order valence-electron chi connectivity index (χ2n) is 8.21. The Morgan fingerprint density at radius 3 is 1.88 bits per heavy atom. The van der Waals surface area contributed by atoms with Gasteiger partial charge in [0, 0.05) is 42.7 Å². The van der Waals surface area contributed by atoms with Crippen LogP contribution < -0.4 is 10.6 Å². The molecule has 34 heavy (non-hydrogen) atoms. The molecule has 0 amide bonds. The second kappa shape index (κ2) is 8.90. The van der Waals surface area contributed by atoms with Crippen molar-refractivity contribution in [2.24, 2.45) is 5.73 Å². The highest BCUT2D eigenvalue weighted by Crippen LogP contribution is 2.42. The smallest absolute Gasteiger partial charge is 0.370 e. The third-order valence-electron chi connectivity index (χ3n) is 5.83. The van der Waals surface area contributed by atoms with E-state index in [1.807, 2.05) is 4.90 Å². The van der Waals surface area contributed by atoms with Gasteiger partial charge in [0.25, 0.3) is 0 Å². The van der Waals surface area contributed by atoms with Crippen LogP contribution in [0.4, 0.5) is 36.4 Å². The molecule has 1 aliphatic heterocycles. The lowest BCUT2D eigenvalue weighted by Crippen LogP contribution is -2.40. The van der Waals surface area contributed by atoms with E-state index in [0.29, 0.717) is 48.8 Å². The maximum atomic E-state index is 14.2. The predicted octanol–water partition coefficient (Wildman–Crippen LogP) is 6.52. The number of benzene rings is 2. The highest BCUT2D eigenvalue weighted by atomic mass is 19.4. The minimum atomic E-state index is -4.76. The molecule has 2 N–H and O–H groups in total. The van der Waals surface area contributed by atoms with Gasteiger partial charge in [0.05, 0.1) is 16.8 Å². The van der Waals surface area contributed by atoms with E-state index in [-0.39, 0.29) is 17.2 Å². The van der Waals surface area contributed by atoms with Crippen LogP contribution in [-0.2, 0) is 12.4 Å². The molecule has 0 spiro atoms. The summed E-state index contributed by atoms with van der Waals surface area (Å²) < 4.78 is 93.3. The SMILES string of the molecule is NC1CCN(c2c(-c3ccc(C(F)(F)F)cc3)cncc2-c2cc(F)cc(C(F)(F)F)c2)CC1. The number of aromatic nitrogens is 1. The molecule has 10 heteroatoms. The van der Waals surface area contributed by atoms with E-state index in [2.05, 4.69) is 4.98 Å². The van der Waals surface area contributed by atoms with E-state index in [0.717, 1.165) is 24.3 Å². The molecule has 0 bridgehead atoms. The molecule has 4 rings (SSSR count). The van der Waals surface area contributed by atoms with E-state index >= 15 is 0 Å². The van der Waals surface area contributed by atoms with Gasteiger partial charge < -0.3 is 10.6 Å². The van der Waals surface area contributed by atoms with Gasteiger partial charge in [0.1, 0.15) is 5.82 Å². The van der Waals surface area contributed by atoms with Crippen molar-refractivity contribution >= 4 is 5.69 Å². The maximum Gasteiger partial charge on any atom is 0.416 e. The number of halogens is 7. The standard InChI is InChI=1S/C24H20F7N3/c25-18-10-15(9-17(11-18)24(29,30)31)21-13-33-12-20(22(21)34-7-5-19(32)6-8-34)14-1-3-16(4-2-14)23(26,27)28/h1-4,9-13,19H,5-8,32H2. The lowest BCUT2D eigenvalue weighted by Gasteiger charge is -2.35. The molecular formula is C24H20F7N3. The Balaban J connectivity index is 1.89. The summed E-state index contributed by atoms with van der Waals surface area (Å²) in [4.78, 5) is 6.03. The molecule has 180 valence electrons. The Bertz CT molecular complexity index is 1160. The van der Waals surface area contributed by atoms with Crippen molar-refractivity contribution in [2.75, 3.05) is 18.0 Å². The Labute approximate surface area is 191 Å². The summed E-state index contributed by atoms with van der Waals surface area (Å²) in [6.45, 7) is 0.959. The number of hydrogen-bond donors (Lipinski definition) is 1. The Morgan fingerprint density at radius 1 is 0.765 bits per heavy atom. The number of nitrogens with zero attached hydrogens (tertiary/aromatic N) is 2. The molecule has 1 fully saturated rings. The first-order chi connectivity index (χ1) is 15.9. The summed E-state index contributed by atoms with van der Waals surface area (Å²) in [5, 5.41) is 0. The Kier molecular flexibility index (Phi) is 6.28. The van der Waals surface area contributed by atoms with Crippen LogP contribution in [0.5, 0.6) is 0 Å². The van der Waals surface area contributed by atoms with Crippen molar-refractivity contribution in [3.05, 3.63) is 71.8 Å². The highest BCUT2D eigenvalue weighted by Gasteiger charge is 2.33. The summed E-state index contributed by atoms with van der Waals surface area (Å²) in [7, 11) is 0. The molecule has 2 heterocycles. The molecule has 2 aromatic carbocycles. The minimum absolute atomic E-state index is 0.0292. The van der Waals surface area contributed by atoms with Crippen LogP contribution in [0.3, 0.4) is 0 Å². The number of nitrogens with two attached hydrogens (primary N) is 1. The van der Waals surface area contributed by atoms with Crippen LogP contribution in [0, 0.1) is 5.82 Å². The zero-order valence-electron chi connectivity index (χ0n) is 17.7. The molecule has 0 radical (unpaired) electrons. The van der Waals surface area contributed by atoms with Crippen LogP contribution in [0.25, 0.3) is 22.3 Å². The van der Waals surface area contributed by atoms with E-state index in [1.54, 1.807) is 0 Å². The maximum absolute atomic E-state index is 14.2. The van der Waals surface area contributed by atoms with Gasteiger partial charge in [0.15, 0.2) is 0 Å². The zero-order valence-corrected chi connectivity index (χ0v) is 17.7. The lowest BCUT2D eigenvalue weighted by molar-refractivity contribution is -0.138. The summed E-state index contributed by atoms with van der Waals surface area (Å²) in [5.74, 6) is -1.06. The number of piperidine rings is 1. The van der Waals surface area contributed by atoms with Crippen LogP contribution in [-0.4, -0.2) is 24.1 Å². The van der Waals surface area contributed by atoms with E-state index < -0.39 is 29.3 Å². The fourth-order valence-corrected chi connectivity index (χ4v) is 4.09. The summed E-state index contributed by atoms with van der Waals surface area (Å²) in [6, 6.07) is 6.64. The van der Waals surface area contributed by atoms with Gasteiger partial charge in [-0.3, -0.25) is 4.98 Å². The largest absolute Gasteiger partial charge is 0.416 e. The molecule has 3 aromatic rings. The average Bonchev–Trinajstić information content (AvgIpc) is 2.78. The van der Waals surface area contributed by atoms with E-state index in [4.69, 9.17) is 5.73 Å². The normalized spacial score (nSPS) is 15.6. The molecule has 3 nitrogen and oxygen atoms in total. The van der Waals surface area contributed by atoms with Crippen LogP contribution >= 0.6 is 0 Å². The van der Waals surface area contributed by atoms with Crippen molar-refractivity contribution in [3.63, 3.8) is 0 Å². The third-order valence-corrected chi connectivity index (χ3v) is 5.83.